The summed E-state index contributed by atoms with van der Waals surface area (Å²) in [6.45, 7) is 1.39. The number of benzene rings is 2. The lowest BCUT2D eigenvalue weighted by molar-refractivity contribution is -0.140. The monoisotopic (exact) mass is 486 g/mol. The predicted molar refractivity (Wildman–Crippen MR) is 131 cm³/mol. The molecule has 1 aromatic heterocycles. The quantitative estimate of drug-likeness (QED) is 0.511. The second-order valence-electron chi connectivity index (χ2n) is 8.70. The zero-order valence-electron chi connectivity index (χ0n) is 20.0. The van der Waals surface area contributed by atoms with Crippen LogP contribution in [-0.2, 0) is 15.1 Å². The Bertz CT molecular complexity index is 1300. The Balaban J connectivity index is 1.42. The first-order chi connectivity index (χ1) is 17.5. The molecule has 2 aliphatic rings. The van der Waals surface area contributed by atoms with Gasteiger partial charge in [0.25, 0.3) is 11.8 Å². The number of hydrogen-bond acceptors (Lipinski definition) is 6. The van der Waals surface area contributed by atoms with Crippen LogP contribution in [0.25, 0.3) is 0 Å². The highest BCUT2D eigenvalue weighted by atomic mass is 16.5. The standard InChI is InChI=1S/C27H26N4O5/c1-3-27(19-8-5-4-6-9-19)25(33)30(26(34)28-27)17-24(32)31-22(23-10-7-15-36-23)16-21(29-31)18-11-13-20(35-2)14-12-18/h4-15,22H,3,16-17H2,1-2H3,(H,28,34)/t22-,27-/m0/s1. The minimum Gasteiger partial charge on any atom is -0.497 e. The Morgan fingerprint density at radius 2 is 1.86 bits per heavy atom. The summed E-state index contributed by atoms with van der Waals surface area (Å²) >= 11 is 0. The number of urea groups is 1. The summed E-state index contributed by atoms with van der Waals surface area (Å²) in [6, 6.07) is 18.9. The molecule has 0 spiro atoms. The molecule has 0 unspecified atom stereocenters. The first-order valence-electron chi connectivity index (χ1n) is 11.7. The SMILES string of the molecule is CC[C@@]1(c2ccccc2)NC(=O)N(CC(=O)N2N=C(c3ccc(OC)cc3)C[C@H]2c2ccco2)C1=O. The van der Waals surface area contributed by atoms with Gasteiger partial charge in [-0.2, -0.15) is 5.10 Å². The molecule has 2 atom stereocenters. The lowest BCUT2D eigenvalue weighted by atomic mass is 9.87. The Morgan fingerprint density at radius 3 is 2.50 bits per heavy atom. The number of hydrazone groups is 1. The lowest BCUT2D eigenvalue weighted by Crippen LogP contribution is -2.45. The normalized spacial score (nSPS) is 21.5. The third kappa shape index (κ3) is 3.92. The molecule has 0 aliphatic carbocycles. The Morgan fingerprint density at radius 1 is 1.11 bits per heavy atom. The highest BCUT2D eigenvalue weighted by Crippen LogP contribution is 2.35. The van der Waals surface area contributed by atoms with Crippen molar-refractivity contribution in [3.8, 4) is 5.75 Å². The van der Waals surface area contributed by atoms with Crippen LogP contribution >= 0.6 is 0 Å². The molecule has 3 aromatic rings. The van der Waals surface area contributed by atoms with Crippen LogP contribution in [0.15, 0.2) is 82.5 Å². The Kier molecular flexibility index (Phi) is 6.05. The van der Waals surface area contributed by atoms with Crippen molar-refractivity contribution in [2.75, 3.05) is 13.7 Å². The van der Waals surface area contributed by atoms with Crippen LogP contribution in [0.4, 0.5) is 4.79 Å². The fraction of sp³-hybridized carbons (Fsp3) is 0.259. The van der Waals surface area contributed by atoms with Crippen LogP contribution in [-0.4, -0.2) is 47.1 Å². The van der Waals surface area contributed by atoms with Gasteiger partial charge in [0.15, 0.2) is 0 Å². The van der Waals surface area contributed by atoms with Crippen molar-refractivity contribution in [2.45, 2.75) is 31.3 Å². The number of ether oxygens (including phenoxy) is 1. The van der Waals surface area contributed by atoms with Crippen LogP contribution in [0.5, 0.6) is 5.75 Å². The van der Waals surface area contributed by atoms with Crippen LogP contribution in [0.3, 0.4) is 0 Å². The third-order valence-electron chi connectivity index (χ3n) is 6.73. The maximum absolute atomic E-state index is 13.5. The number of methoxy groups -OCH3 is 1. The van der Waals surface area contributed by atoms with Gasteiger partial charge >= 0.3 is 6.03 Å². The van der Waals surface area contributed by atoms with E-state index in [1.165, 1.54) is 11.3 Å². The number of hydrogen-bond donors (Lipinski definition) is 1. The largest absolute Gasteiger partial charge is 0.497 e. The average Bonchev–Trinajstić information content (AvgIpc) is 3.65. The maximum atomic E-state index is 13.5. The molecule has 9 nitrogen and oxygen atoms in total. The van der Waals surface area contributed by atoms with Crippen LogP contribution in [0, 0.1) is 0 Å². The van der Waals surface area contributed by atoms with Crippen LogP contribution < -0.4 is 10.1 Å². The summed E-state index contributed by atoms with van der Waals surface area (Å²) in [5.41, 5.74) is 1.00. The van der Waals surface area contributed by atoms with Gasteiger partial charge in [-0.3, -0.25) is 14.5 Å². The van der Waals surface area contributed by atoms with Gasteiger partial charge < -0.3 is 14.5 Å². The molecule has 1 fully saturated rings. The molecule has 9 heteroatoms. The summed E-state index contributed by atoms with van der Waals surface area (Å²) in [7, 11) is 1.59. The number of furan rings is 1. The van der Waals surface area contributed by atoms with Crippen molar-refractivity contribution in [1.29, 1.82) is 0 Å². The minimum atomic E-state index is -1.21. The first-order valence-corrected chi connectivity index (χ1v) is 11.7. The van der Waals surface area contributed by atoms with Crippen LogP contribution in [0.1, 0.15) is 42.7 Å². The van der Waals surface area contributed by atoms with Gasteiger partial charge in [-0.15, -0.1) is 0 Å². The molecule has 3 heterocycles. The minimum absolute atomic E-state index is 0.352. The molecule has 0 bridgehead atoms. The number of carbonyl (C=O) groups excluding carboxylic acids is 3. The Labute approximate surface area is 208 Å². The first kappa shape index (κ1) is 23.3. The zero-order chi connectivity index (χ0) is 25.3. The van der Waals surface area contributed by atoms with E-state index >= 15 is 0 Å². The van der Waals surface area contributed by atoms with E-state index in [1.54, 1.807) is 31.4 Å². The van der Waals surface area contributed by atoms with E-state index in [9.17, 15) is 14.4 Å². The molecule has 1 saturated heterocycles. The Hall–Kier alpha value is -4.40. The molecule has 0 saturated carbocycles. The molecular formula is C27H26N4O5. The second-order valence-corrected chi connectivity index (χ2v) is 8.70. The van der Waals surface area contributed by atoms with Gasteiger partial charge in [0.05, 0.1) is 19.1 Å². The highest BCUT2D eigenvalue weighted by molar-refractivity contribution is 6.10. The predicted octanol–water partition coefficient (Wildman–Crippen LogP) is 3.82. The van der Waals surface area contributed by atoms with E-state index in [0.29, 0.717) is 35.6 Å². The summed E-state index contributed by atoms with van der Waals surface area (Å²) in [4.78, 5) is 40.8. The number of amides is 4. The highest BCUT2D eigenvalue weighted by Gasteiger charge is 2.52. The van der Waals surface area contributed by atoms with E-state index in [2.05, 4.69) is 10.4 Å². The van der Waals surface area contributed by atoms with Crippen LogP contribution in [0.2, 0.25) is 0 Å². The molecule has 36 heavy (non-hydrogen) atoms. The topological polar surface area (TPSA) is 104 Å². The zero-order valence-corrected chi connectivity index (χ0v) is 20.0. The van der Waals surface area contributed by atoms with E-state index in [1.807, 2.05) is 49.4 Å². The van der Waals surface area contributed by atoms with E-state index in [4.69, 9.17) is 9.15 Å². The fourth-order valence-corrected chi connectivity index (χ4v) is 4.74. The van der Waals surface area contributed by atoms with E-state index < -0.39 is 36.0 Å². The number of rotatable bonds is 7. The fourth-order valence-electron chi connectivity index (χ4n) is 4.74. The van der Waals surface area contributed by atoms with Gasteiger partial charge in [-0.25, -0.2) is 9.80 Å². The third-order valence-corrected chi connectivity index (χ3v) is 6.73. The van der Waals surface area contributed by atoms with Gasteiger partial charge in [0, 0.05) is 6.42 Å². The van der Waals surface area contributed by atoms with E-state index in [-0.39, 0.29) is 0 Å². The molecule has 2 aromatic carbocycles. The van der Waals surface area contributed by atoms with Crippen molar-refractivity contribution in [1.82, 2.24) is 15.2 Å². The molecule has 5 rings (SSSR count). The van der Waals surface area contributed by atoms with Gasteiger partial charge in [0.1, 0.15) is 29.6 Å². The molecule has 1 N–H and O–H groups in total. The van der Waals surface area contributed by atoms with Crippen molar-refractivity contribution in [2.24, 2.45) is 5.10 Å². The summed E-state index contributed by atoms with van der Waals surface area (Å²) in [5, 5.41) is 8.71. The number of carbonyl (C=O) groups is 3. The maximum Gasteiger partial charge on any atom is 0.325 e. The average molecular weight is 487 g/mol. The van der Waals surface area contributed by atoms with Gasteiger partial charge in [-0.05, 0) is 53.9 Å². The molecule has 4 amide bonds. The number of nitrogens with one attached hydrogen (secondary N) is 1. The molecular weight excluding hydrogens is 460 g/mol. The molecule has 2 aliphatic heterocycles. The van der Waals surface area contributed by atoms with Gasteiger partial charge in [0.2, 0.25) is 0 Å². The summed E-state index contributed by atoms with van der Waals surface area (Å²) < 4.78 is 10.8. The molecule has 184 valence electrons. The van der Waals surface area contributed by atoms with E-state index in [0.717, 1.165) is 10.5 Å². The van der Waals surface area contributed by atoms with Crippen molar-refractivity contribution < 1.29 is 23.5 Å². The summed E-state index contributed by atoms with van der Waals surface area (Å²) in [6.07, 6.45) is 2.32. The smallest absolute Gasteiger partial charge is 0.325 e. The molecule has 0 radical (unpaired) electrons. The summed E-state index contributed by atoms with van der Waals surface area (Å²) in [5.74, 6) is 0.343. The number of nitrogens with zero attached hydrogens (tertiary/aromatic N) is 3. The lowest BCUT2D eigenvalue weighted by Gasteiger charge is -2.26. The second kappa shape index (κ2) is 9.33. The van der Waals surface area contributed by atoms with Crippen molar-refractivity contribution in [3.05, 3.63) is 89.9 Å². The van der Waals surface area contributed by atoms with Crippen molar-refractivity contribution >= 4 is 23.6 Å². The van der Waals surface area contributed by atoms with Crippen molar-refractivity contribution in [3.63, 3.8) is 0 Å². The van der Waals surface area contributed by atoms with Gasteiger partial charge in [-0.1, -0.05) is 37.3 Å². The number of imide groups is 1.